The monoisotopic (exact) mass is 321 g/mol. The largest absolute Gasteiger partial charge is 0.479 e. The van der Waals surface area contributed by atoms with Crippen LogP contribution in [0.25, 0.3) is 0 Å². The van der Waals surface area contributed by atoms with Gasteiger partial charge in [-0.1, -0.05) is 70.4 Å². The van der Waals surface area contributed by atoms with Crippen LogP contribution in [0.4, 0.5) is 0 Å². The van der Waals surface area contributed by atoms with Gasteiger partial charge in [-0.15, -0.1) is 0 Å². The zero-order valence-corrected chi connectivity index (χ0v) is 15.7. The first-order valence-corrected chi connectivity index (χ1v) is 10.2. The number of allylic oxidation sites excluding steroid dienone is 2. The van der Waals surface area contributed by atoms with Crippen molar-refractivity contribution < 1.29 is 4.74 Å². The highest BCUT2D eigenvalue weighted by Gasteiger charge is 2.12. The molecule has 0 saturated carbocycles. The molecule has 1 aliphatic heterocycles. The number of nitrogens with zero attached hydrogens (tertiary/aromatic N) is 1. The van der Waals surface area contributed by atoms with Crippen molar-refractivity contribution in [1.29, 1.82) is 0 Å². The van der Waals surface area contributed by atoms with E-state index in [0.29, 0.717) is 6.04 Å². The Bertz CT molecular complexity index is 322. The van der Waals surface area contributed by atoms with Crippen molar-refractivity contribution in [3.63, 3.8) is 0 Å². The van der Waals surface area contributed by atoms with Gasteiger partial charge < -0.3 is 4.74 Å². The van der Waals surface area contributed by atoms with Crippen LogP contribution in [0.5, 0.6) is 0 Å². The van der Waals surface area contributed by atoms with Crippen LogP contribution >= 0.6 is 0 Å². The molecule has 0 amide bonds. The maximum Gasteiger partial charge on any atom is 0.183 e. The number of hydrogen-bond donors (Lipinski definition) is 0. The summed E-state index contributed by atoms with van der Waals surface area (Å²) in [7, 11) is 0. The fourth-order valence-electron chi connectivity index (χ4n) is 3.02. The van der Waals surface area contributed by atoms with E-state index in [1.165, 1.54) is 83.5 Å². The predicted molar refractivity (Wildman–Crippen MR) is 102 cm³/mol. The molecule has 1 rings (SSSR count). The molecule has 1 atom stereocenters. The molecule has 23 heavy (non-hydrogen) atoms. The third kappa shape index (κ3) is 12.3. The van der Waals surface area contributed by atoms with Gasteiger partial charge in [-0.3, -0.25) is 0 Å². The standard InChI is InChI=1S/C21H39NO/c1-3-4-5-6-7-8-9-10-11-12-13-14-15-16-17-18-21-22-20(2)19-23-21/h10-11,20H,3-9,12-19H2,1-2H3. The van der Waals surface area contributed by atoms with Crippen molar-refractivity contribution in [1.82, 2.24) is 0 Å². The molecular formula is C21H39NO. The highest BCUT2D eigenvalue weighted by molar-refractivity contribution is 5.77. The number of rotatable bonds is 15. The van der Waals surface area contributed by atoms with Crippen LogP contribution < -0.4 is 0 Å². The lowest BCUT2D eigenvalue weighted by molar-refractivity contribution is 0.314. The van der Waals surface area contributed by atoms with Gasteiger partial charge in [-0.2, -0.15) is 0 Å². The van der Waals surface area contributed by atoms with Crippen LogP contribution in [0.1, 0.15) is 104 Å². The molecule has 1 aliphatic rings. The average Bonchev–Trinajstić information content (AvgIpc) is 2.96. The molecular weight excluding hydrogens is 282 g/mol. The zero-order chi connectivity index (χ0) is 16.6. The molecule has 2 nitrogen and oxygen atoms in total. The fraction of sp³-hybridized carbons (Fsp3) is 0.857. The van der Waals surface area contributed by atoms with E-state index in [1.54, 1.807) is 0 Å². The normalized spacial score (nSPS) is 17.7. The minimum absolute atomic E-state index is 0.383. The molecule has 2 heteroatoms. The number of unbranched alkanes of at least 4 members (excludes halogenated alkanes) is 11. The second-order valence-electron chi connectivity index (χ2n) is 7.02. The van der Waals surface area contributed by atoms with E-state index in [1.807, 2.05) is 0 Å². The Morgan fingerprint density at radius 2 is 1.43 bits per heavy atom. The van der Waals surface area contributed by atoms with Gasteiger partial charge in [0.2, 0.25) is 0 Å². The molecule has 1 unspecified atom stereocenters. The van der Waals surface area contributed by atoms with E-state index < -0.39 is 0 Å². The Labute approximate surface area is 144 Å². The molecule has 0 N–H and O–H groups in total. The van der Waals surface area contributed by atoms with Crippen molar-refractivity contribution in [3.05, 3.63) is 12.2 Å². The number of aliphatic imine (C=N–C) groups is 1. The van der Waals surface area contributed by atoms with Gasteiger partial charge in [0.05, 0.1) is 6.04 Å². The fourth-order valence-corrected chi connectivity index (χ4v) is 3.02. The summed E-state index contributed by atoms with van der Waals surface area (Å²) in [6, 6.07) is 0.383. The molecule has 0 aromatic carbocycles. The third-order valence-corrected chi connectivity index (χ3v) is 4.51. The lowest BCUT2D eigenvalue weighted by Crippen LogP contribution is -2.00. The lowest BCUT2D eigenvalue weighted by Gasteiger charge is -2.01. The molecule has 0 spiro atoms. The van der Waals surface area contributed by atoms with Crippen molar-refractivity contribution in [2.24, 2.45) is 4.99 Å². The van der Waals surface area contributed by atoms with Gasteiger partial charge >= 0.3 is 0 Å². The van der Waals surface area contributed by atoms with Crippen LogP contribution in [0.15, 0.2) is 17.1 Å². The van der Waals surface area contributed by atoms with Crippen LogP contribution in [0.3, 0.4) is 0 Å². The predicted octanol–water partition coefficient (Wildman–Crippen LogP) is 6.84. The van der Waals surface area contributed by atoms with Gasteiger partial charge in [0.1, 0.15) is 6.61 Å². The van der Waals surface area contributed by atoms with Crippen LogP contribution in [-0.2, 0) is 4.74 Å². The first-order valence-electron chi connectivity index (χ1n) is 10.2. The Kier molecular flexibility index (Phi) is 13.0. The Balaban J connectivity index is 1.75. The number of hydrogen-bond acceptors (Lipinski definition) is 2. The lowest BCUT2D eigenvalue weighted by atomic mass is 10.1. The molecule has 0 bridgehead atoms. The molecule has 134 valence electrons. The highest BCUT2D eigenvalue weighted by atomic mass is 16.5. The summed E-state index contributed by atoms with van der Waals surface area (Å²) >= 11 is 0. The SMILES string of the molecule is CCCCCCCCC=CCCCCCCCC1=NC(C)CO1. The Morgan fingerprint density at radius 1 is 0.870 bits per heavy atom. The summed E-state index contributed by atoms with van der Waals surface area (Å²) in [4.78, 5) is 4.48. The molecule has 0 aromatic heterocycles. The first-order chi connectivity index (χ1) is 11.3. The van der Waals surface area contributed by atoms with Crippen LogP contribution in [0, 0.1) is 0 Å². The van der Waals surface area contributed by atoms with Gasteiger partial charge in [0, 0.05) is 6.42 Å². The molecule has 0 saturated heterocycles. The first kappa shape index (κ1) is 20.3. The Morgan fingerprint density at radius 3 is 2.00 bits per heavy atom. The summed E-state index contributed by atoms with van der Waals surface area (Å²) in [6.07, 6.45) is 23.4. The average molecular weight is 322 g/mol. The van der Waals surface area contributed by atoms with Gasteiger partial charge in [-0.25, -0.2) is 4.99 Å². The van der Waals surface area contributed by atoms with E-state index in [0.717, 1.165) is 18.9 Å². The Hall–Kier alpha value is -0.790. The second kappa shape index (κ2) is 14.8. The minimum Gasteiger partial charge on any atom is -0.479 e. The van der Waals surface area contributed by atoms with E-state index in [2.05, 4.69) is 31.0 Å². The topological polar surface area (TPSA) is 21.6 Å². The quantitative estimate of drug-likeness (QED) is 0.239. The summed E-state index contributed by atoms with van der Waals surface area (Å²) in [6.45, 7) is 5.19. The van der Waals surface area contributed by atoms with Crippen molar-refractivity contribution in [2.45, 2.75) is 110 Å². The van der Waals surface area contributed by atoms with Crippen molar-refractivity contribution in [2.75, 3.05) is 6.61 Å². The van der Waals surface area contributed by atoms with E-state index in [9.17, 15) is 0 Å². The summed E-state index contributed by atoms with van der Waals surface area (Å²) in [5, 5.41) is 0. The minimum atomic E-state index is 0.383. The van der Waals surface area contributed by atoms with E-state index in [4.69, 9.17) is 4.74 Å². The van der Waals surface area contributed by atoms with Crippen LogP contribution in [-0.4, -0.2) is 18.5 Å². The summed E-state index contributed by atoms with van der Waals surface area (Å²) < 4.78 is 5.53. The molecule has 0 radical (unpaired) electrons. The van der Waals surface area contributed by atoms with Crippen LogP contribution in [0.2, 0.25) is 0 Å². The molecule has 0 aliphatic carbocycles. The van der Waals surface area contributed by atoms with E-state index in [-0.39, 0.29) is 0 Å². The molecule has 0 fully saturated rings. The zero-order valence-electron chi connectivity index (χ0n) is 15.7. The van der Waals surface area contributed by atoms with Gasteiger partial charge in [0.15, 0.2) is 5.90 Å². The van der Waals surface area contributed by atoms with Gasteiger partial charge in [0.25, 0.3) is 0 Å². The highest BCUT2D eigenvalue weighted by Crippen LogP contribution is 2.12. The van der Waals surface area contributed by atoms with E-state index >= 15 is 0 Å². The summed E-state index contributed by atoms with van der Waals surface area (Å²) in [5.41, 5.74) is 0. The smallest absolute Gasteiger partial charge is 0.183 e. The third-order valence-electron chi connectivity index (χ3n) is 4.51. The maximum absolute atomic E-state index is 5.53. The van der Waals surface area contributed by atoms with Gasteiger partial charge in [-0.05, 0) is 39.0 Å². The number of ether oxygens (including phenoxy) is 1. The van der Waals surface area contributed by atoms with Crippen molar-refractivity contribution >= 4 is 5.90 Å². The maximum atomic E-state index is 5.53. The molecule has 0 aromatic rings. The van der Waals surface area contributed by atoms with Crippen molar-refractivity contribution in [3.8, 4) is 0 Å². The summed E-state index contributed by atoms with van der Waals surface area (Å²) in [5.74, 6) is 0.995. The molecule has 1 heterocycles. The second-order valence-corrected chi connectivity index (χ2v) is 7.02.